The second-order valence-electron chi connectivity index (χ2n) is 3.05. The van der Waals surface area contributed by atoms with Crippen LogP contribution >= 0.6 is 23.2 Å². The molecule has 0 fully saturated rings. The topological polar surface area (TPSA) is 31.4 Å². The molecule has 0 unspecified atom stereocenters. The molecule has 0 aliphatic heterocycles. The van der Waals surface area contributed by atoms with Gasteiger partial charge in [0.1, 0.15) is 5.75 Å². The Morgan fingerprint density at radius 3 is 2.75 bits per heavy atom. The Morgan fingerprint density at radius 1 is 1.25 bits per heavy atom. The lowest BCUT2D eigenvalue weighted by atomic mass is 10.2. The van der Waals surface area contributed by atoms with Crippen LogP contribution in [0.4, 0.5) is 0 Å². The van der Waals surface area contributed by atoms with Crippen LogP contribution in [0, 0.1) is 0 Å². The lowest BCUT2D eigenvalue weighted by molar-refractivity contribution is 0.391. The van der Waals surface area contributed by atoms with Crippen LogP contribution in [0.15, 0.2) is 24.3 Å². The van der Waals surface area contributed by atoms with Crippen LogP contribution in [0.2, 0.25) is 5.02 Å². The van der Waals surface area contributed by atoms with Gasteiger partial charge in [0.05, 0.1) is 17.6 Å². The normalized spacial score (nSPS) is 10.4. The minimum atomic E-state index is 0.0861. The van der Waals surface area contributed by atoms with Crippen molar-refractivity contribution in [2.45, 2.75) is 0 Å². The summed E-state index contributed by atoms with van der Waals surface area (Å²) in [6.45, 7) is 0. The van der Waals surface area contributed by atoms with Gasteiger partial charge in [-0.3, -0.25) is 0 Å². The Labute approximate surface area is 103 Å². The zero-order valence-corrected chi connectivity index (χ0v) is 10.0. The number of methoxy groups -OCH3 is 1. The van der Waals surface area contributed by atoms with E-state index in [1.165, 1.54) is 0 Å². The van der Waals surface area contributed by atoms with Gasteiger partial charge in [0.25, 0.3) is 0 Å². The number of rotatable bonds is 3. The molecule has 0 N–H and O–H groups in total. The average molecular weight is 258 g/mol. The molecular formula is C11H9Cl2NO2. The molecule has 0 amide bonds. The van der Waals surface area contributed by atoms with Gasteiger partial charge in [-0.05, 0) is 18.2 Å². The standard InChI is InChI=1S/C11H9Cl2NO2/c1-15-10-5-2-7-9(16-6-12)4-3-8(13)11(7)14-10/h2-5H,6H2,1H3. The van der Waals surface area contributed by atoms with Gasteiger partial charge in [-0.1, -0.05) is 23.2 Å². The zero-order chi connectivity index (χ0) is 11.5. The SMILES string of the molecule is COc1ccc2c(OCCl)ccc(Cl)c2n1. The Hall–Kier alpha value is -1.19. The summed E-state index contributed by atoms with van der Waals surface area (Å²) < 4.78 is 10.3. The highest BCUT2D eigenvalue weighted by Gasteiger charge is 2.08. The first-order valence-electron chi connectivity index (χ1n) is 4.58. The van der Waals surface area contributed by atoms with E-state index in [4.69, 9.17) is 32.7 Å². The van der Waals surface area contributed by atoms with E-state index in [1.54, 1.807) is 25.3 Å². The van der Waals surface area contributed by atoms with E-state index in [0.29, 0.717) is 22.2 Å². The van der Waals surface area contributed by atoms with Gasteiger partial charge in [-0.2, -0.15) is 0 Å². The number of nitrogens with zero attached hydrogens (tertiary/aromatic N) is 1. The molecule has 3 nitrogen and oxygen atoms in total. The zero-order valence-electron chi connectivity index (χ0n) is 8.54. The quantitative estimate of drug-likeness (QED) is 0.790. The van der Waals surface area contributed by atoms with Crippen molar-refractivity contribution in [1.82, 2.24) is 4.98 Å². The summed E-state index contributed by atoms with van der Waals surface area (Å²) in [5, 5.41) is 1.37. The Bertz CT molecular complexity index is 517. The fraction of sp³-hybridized carbons (Fsp3) is 0.182. The summed E-state index contributed by atoms with van der Waals surface area (Å²) in [4.78, 5) is 4.26. The Balaban J connectivity index is 2.65. The Morgan fingerprint density at radius 2 is 2.06 bits per heavy atom. The fourth-order valence-corrected chi connectivity index (χ4v) is 1.76. The number of aromatic nitrogens is 1. The fourth-order valence-electron chi connectivity index (χ4n) is 1.44. The molecule has 0 saturated carbocycles. The van der Waals surface area contributed by atoms with Gasteiger partial charge in [-0.15, -0.1) is 0 Å². The van der Waals surface area contributed by atoms with Crippen molar-refractivity contribution in [2.75, 3.05) is 13.2 Å². The number of hydrogen-bond acceptors (Lipinski definition) is 3. The molecule has 0 radical (unpaired) electrons. The predicted octanol–water partition coefficient (Wildman–Crippen LogP) is 3.47. The third-order valence-electron chi connectivity index (χ3n) is 2.16. The van der Waals surface area contributed by atoms with Gasteiger partial charge in [0, 0.05) is 11.5 Å². The average Bonchev–Trinajstić information content (AvgIpc) is 2.33. The van der Waals surface area contributed by atoms with E-state index in [9.17, 15) is 0 Å². The summed E-state index contributed by atoms with van der Waals surface area (Å²) in [7, 11) is 1.56. The number of alkyl halides is 1. The highest BCUT2D eigenvalue weighted by molar-refractivity contribution is 6.35. The molecule has 84 valence electrons. The number of halogens is 2. The highest BCUT2D eigenvalue weighted by Crippen LogP contribution is 2.31. The van der Waals surface area contributed by atoms with Gasteiger partial charge in [0.2, 0.25) is 5.88 Å². The van der Waals surface area contributed by atoms with E-state index in [1.807, 2.05) is 6.07 Å². The molecule has 2 aromatic rings. The maximum Gasteiger partial charge on any atom is 0.213 e. The van der Waals surface area contributed by atoms with E-state index in [0.717, 1.165) is 5.39 Å². The maximum atomic E-state index is 6.05. The van der Waals surface area contributed by atoms with Crippen molar-refractivity contribution in [3.63, 3.8) is 0 Å². The van der Waals surface area contributed by atoms with Gasteiger partial charge < -0.3 is 9.47 Å². The van der Waals surface area contributed by atoms with Crippen molar-refractivity contribution in [3.05, 3.63) is 29.3 Å². The molecule has 1 aromatic heterocycles. The summed E-state index contributed by atoms with van der Waals surface area (Å²) in [6, 6.07) is 7.16. The van der Waals surface area contributed by atoms with E-state index >= 15 is 0 Å². The largest absolute Gasteiger partial charge is 0.481 e. The van der Waals surface area contributed by atoms with Crippen LogP contribution in [-0.4, -0.2) is 18.2 Å². The van der Waals surface area contributed by atoms with Crippen LogP contribution in [-0.2, 0) is 0 Å². The third kappa shape index (κ3) is 2.01. The van der Waals surface area contributed by atoms with Crippen molar-refractivity contribution in [2.24, 2.45) is 0 Å². The lowest BCUT2D eigenvalue weighted by Gasteiger charge is -2.08. The van der Waals surface area contributed by atoms with Crippen LogP contribution < -0.4 is 9.47 Å². The smallest absolute Gasteiger partial charge is 0.213 e. The minimum absolute atomic E-state index is 0.0861. The molecule has 0 saturated heterocycles. The van der Waals surface area contributed by atoms with Gasteiger partial charge >= 0.3 is 0 Å². The summed E-state index contributed by atoms with van der Waals surface area (Å²) >= 11 is 11.6. The predicted molar refractivity (Wildman–Crippen MR) is 64.7 cm³/mol. The van der Waals surface area contributed by atoms with Crippen LogP contribution in [0.3, 0.4) is 0 Å². The van der Waals surface area contributed by atoms with Crippen molar-refractivity contribution < 1.29 is 9.47 Å². The van der Waals surface area contributed by atoms with Crippen LogP contribution in [0.1, 0.15) is 0 Å². The molecule has 1 heterocycles. The summed E-state index contributed by atoms with van der Waals surface area (Å²) in [5.41, 5.74) is 0.642. The number of pyridine rings is 1. The molecule has 5 heteroatoms. The molecule has 0 aliphatic rings. The van der Waals surface area contributed by atoms with E-state index in [2.05, 4.69) is 4.98 Å². The second-order valence-corrected chi connectivity index (χ2v) is 3.67. The van der Waals surface area contributed by atoms with Crippen molar-refractivity contribution in [3.8, 4) is 11.6 Å². The monoisotopic (exact) mass is 257 g/mol. The summed E-state index contributed by atoms with van der Waals surface area (Å²) in [5.74, 6) is 1.17. The Kier molecular flexibility index (Phi) is 3.36. The molecule has 2 rings (SSSR count). The molecule has 0 spiro atoms. The highest BCUT2D eigenvalue weighted by atomic mass is 35.5. The van der Waals surface area contributed by atoms with E-state index in [-0.39, 0.29) is 6.07 Å². The number of ether oxygens (including phenoxy) is 2. The number of benzene rings is 1. The molecule has 1 aromatic carbocycles. The molecule has 16 heavy (non-hydrogen) atoms. The molecule has 0 aliphatic carbocycles. The second kappa shape index (κ2) is 4.76. The van der Waals surface area contributed by atoms with Crippen LogP contribution in [0.25, 0.3) is 10.9 Å². The maximum absolute atomic E-state index is 6.05. The van der Waals surface area contributed by atoms with Crippen molar-refractivity contribution in [1.29, 1.82) is 0 Å². The lowest BCUT2D eigenvalue weighted by Crippen LogP contribution is -1.93. The first kappa shape index (κ1) is 11.3. The van der Waals surface area contributed by atoms with Crippen molar-refractivity contribution >= 4 is 34.1 Å². The number of hydrogen-bond donors (Lipinski definition) is 0. The molecule has 0 atom stereocenters. The van der Waals surface area contributed by atoms with Crippen LogP contribution in [0.5, 0.6) is 11.6 Å². The third-order valence-corrected chi connectivity index (χ3v) is 2.58. The first-order valence-corrected chi connectivity index (χ1v) is 5.49. The minimum Gasteiger partial charge on any atom is -0.481 e. The van der Waals surface area contributed by atoms with Gasteiger partial charge in [0.15, 0.2) is 6.07 Å². The molecule has 0 bridgehead atoms. The van der Waals surface area contributed by atoms with Gasteiger partial charge in [-0.25, -0.2) is 4.98 Å². The number of fused-ring (bicyclic) bond motifs is 1. The van der Waals surface area contributed by atoms with E-state index < -0.39 is 0 Å². The summed E-state index contributed by atoms with van der Waals surface area (Å²) in [6.07, 6.45) is 0. The molecular weight excluding hydrogens is 249 g/mol. The first-order chi connectivity index (χ1) is 7.76.